The Balaban J connectivity index is 1.73. The van der Waals surface area contributed by atoms with Crippen LogP contribution in [-0.2, 0) is 10.4 Å². The van der Waals surface area contributed by atoms with Crippen LogP contribution in [0.25, 0.3) is 16.8 Å². The molecule has 0 amide bonds. The van der Waals surface area contributed by atoms with E-state index in [1.807, 2.05) is 66.7 Å². The molecule has 0 saturated heterocycles. The van der Waals surface area contributed by atoms with Crippen molar-refractivity contribution in [3.63, 3.8) is 0 Å². The predicted molar refractivity (Wildman–Crippen MR) is 115 cm³/mol. The van der Waals surface area contributed by atoms with Crippen LogP contribution >= 0.6 is 0 Å². The summed E-state index contributed by atoms with van der Waals surface area (Å²) in [5, 5.41) is 2.29. The molecule has 1 spiro atoms. The van der Waals surface area contributed by atoms with E-state index in [0.29, 0.717) is 0 Å². The summed E-state index contributed by atoms with van der Waals surface area (Å²) in [7, 11) is 0. The number of rotatable bonds is 1. The fourth-order valence-corrected chi connectivity index (χ4v) is 4.95. The number of ether oxygens (including phenoxy) is 1. The minimum atomic E-state index is -1.08. The van der Waals surface area contributed by atoms with Crippen LogP contribution < -0.4 is 4.74 Å². The van der Waals surface area contributed by atoms with E-state index in [1.54, 1.807) is 6.08 Å². The highest BCUT2D eigenvalue weighted by Gasteiger charge is 2.57. The van der Waals surface area contributed by atoms with Crippen molar-refractivity contribution in [1.29, 1.82) is 0 Å². The Labute approximate surface area is 169 Å². The van der Waals surface area contributed by atoms with E-state index < -0.39 is 5.60 Å². The zero-order valence-electron chi connectivity index (χ0n) is 15.7. The summed E-state index contributed by atoms with van der Waals surface area (Å²) < 4.78 is 6.65. The van der Waals surface area contributed by atoms with E-state index >= 15 is 0 Å². The molecule has 1 heterocycles. The Morgan fingerprint density at radius 3 is 2.38 bits per heavy atom. The molecule has 1 aliphatic carbocycles. The van der Waals surface area contributed by atoms with Gasteiger partial charge in [0.15, 0.2) is 0 Å². The van der Waals surface area contributed by atoms with Gasteiger partial charge in [-0.05, 0) is 34.0 Å². The van der Waals surface area contributed by atoms with Crippen LogP contribution in [0.4, 0.5) is 0 Å². The van der Waals surface area contributed by atoms with Gasteiger partial charge >= 0.3 is 0 Å². The molecule has 0 fully saturated rings. The molecule has 0 bridgehead atoms. The highest BCUT2D eigenvalue weighted by molar-refractivity contribution is 6.07. The first kappa shape index (κ1) is 16.3. The highest BCUT2D eigenvalue weighted by Crippen LogP contribution is 2.57. The molecule has 29 heavy (non-hydrogen) atoms. The summed E-state index contributed by atoms with van der Waals surface area (Å²) in [4.78, 5) is 13.6. The number of benzene rings is 4. The number of ketones is 1. The van der Waals surface area contributed by atoms with Crippen LogP contribution in [0.15, 0.2) is 97.1 Å². The van der Waals surface area contributed by atoms with E-state index in [0.717, 1.165) is 38.8 Å². The molecule has 0 radical (unpaired) electrons. The van der Waals surface area contributed by atoms with Gasteiger partial charge < -0.3 is 4.74 Å². The van der Waals surface area contributed by atoms with E-state index in [-0.39, 0.29) is 11.7 Å². The first-order chi connectivity index (χ1) is 14.3. The average molecular weight is 374 g/mol. The van der Waals surface area contributed by atoms with Gasteiger partial charge in [-0.25, -0.2) is 0 Å². The average Bonchev–Trinajstić information content (AvgIpc) is 3.14. The minimum Gasteiger partial charge on any atom is -0.473 e. The summed E-state index contributed by atoms with van der Waals surface area (Å²) in [6, 6.07) is 30.7. The van der Waals surface area contributed by atoms with Crippen molar-refractivity contribution in [3.8, 4) is 5.75 Å². The molecule has 0 saturated carbocycles. The van der Waals surface area contributed by atoms with Crippen molar-refractivity contribution in [2.75, 3.05) is 0 Å². The second-order valence-corrected chi connectivity index (χ2v) is 7.66. The third-order valence-electron chi connectivity index (χ3n) is 6.17. The van der Waals surface area contributed by atoms with Gasteiger partial charge in [0.1, 0.15) is 5.75 Å². The number of hydrogen-bond acceptors (Lipinski definition) is 2. The van der Waals surface area contributed by atoms with Gasteiger partial charge in [-0.3, -0.25) is 4.79 Å². The topological polar surface area (TPSA) is 26.3 Å². The minimum absolute atomic E-state index is 0.00895. The largest absolute Gasteiger partial charge is 0.473 e. The molecule has 0 N–H and O–H groups in total. The van der Waals surface area contributed by atoms with Crippen molar-refractivity contribution < 1.29 is 9.53 Å². The van der Waals surface area contributed by atoms with Crippen LogP contribution in [0, 0.1) is 0 Å². The molecule has 6 rings (SSSR count). The van der Waals surface area contributed by atoms with Crippen molar-refractivity contribution in [2.45, 2.75) is 11.5 Å². The van der Waals surface area contributed by atoms with Crippen LogP contribution in [0.5, 0.6) is 5.75 Å². The molecule has 2 heteroatoms. The number of hydrogen-bond donors (Lipinski definition) is 0. The first-order valence-corrected chi connectivity index (χ1v) is 9.87. The lowest BCUT2D eigenvalue weighted by Gasteiger charge is -2.36. The molecule has 138 valence electrons. The smallest absolute Gasteiger partial charge is 0.207 e. The van der Waals surface area contributed by atoms with Gasteiger partial charge in [-0.15, -0.1) is 0 Å². The zero-order chi connectivity index (χ0) is 19.4. The van der Waals surface area contributed by atoms with Gasteiger partial charge in [0.05, 0.1) is 5.92 Å². The lowest BCUT2D eigenvalue weighted by atomic mass is 9.69. The fourth-order valence-electron chi connectivity index (χ4n) is 4.95. The fraction of sp³-hybridized carbons (Fsp3) is 0.0741. The van der Waals surface area contributed by atoms with E-state index in [2.05, 4.69) is 30.3 Å². The number of carbonyl (C=O) groups excluding carboxylic acids is 1. The summed E-state index contributed by atoms with van der Waals surface area (Å²) in [5.74, 6) is 0.560. The first-order valence-electron chi connectivity index (χ1n) is 9.87. The maximum absolute atomic E-state index is 13.6. The molecule has 0 unspecified atom stereocenters. The Morgan fingerprint density at radius 2 is 1.48 bits per heavy atom. The van der Waals surface area contributed by atoms with Gasteiger partial charge in [-0.1, -0.05) is 91.0 Å². The van der Waals surface area contributed by atoms with E-state index in [9.17, 15) is 4.79 Å². The zero-order valence-corrected chi connectivity index (χ0v) is 15.7. The van der Waals surface area contributed by atoms with Gasteiger partial charge in [-0.2, -0.15) is 0 Å². The number of fused-ring (bicyclic) bond motifs is 5. The maximum Gasteiger partial charge on any atom is 0.207 e. The SMILES string of the molecule is O=C1C=Cc2ccccc2[C@@]12Oc1ccc3ccccc3c1[C@@H]2c1ccccc1. The van der Waals surface area contributed by atoms with E-state index in [4.69, 9.17) is 4.74 Å². The van der Waals surface area contributed by atoms with Crippen LogP contribution in [0.2, 0.25) is 0 Å². The van der Waals surface area contributed by atoms with Crippen molar-refractivity contribution in [1.82, 2.24) is 0 Å². The Bertz CT molecular complexity index is 1300. The quantitative estimate of drug-likeness (QED) is 0.417. The second kappa shape index (κ2) is 5.92. The van der Waals surface area contributed by atoms with Crippen LogP contribution in [0.3, 0.4) is 0 Å². The molecular formula is C27H18O2. The summed E-state index contributed by atoms with van der Waals surface area (Å²) in [6.45, 7) is 0. The monoisotopic (exact) mass is 374 g/mol. The molecule has 2 aliphatic rings. The molecule has 4 aromatic carbocycles. The Hall–Kier alpha value is -3.65. The Morgan fingerprint density at radius 1 is 0.724 bits per heavy atom. The van der Waals surface area contributed by atoms with Crippen molar-refractivity contribution in [2.24, 2.45) is 0 Å². The summed E-state index contributed by atoms with van der Waals surface area (Å²) >= 11 is 0. The molecule has 0 aromatic heterocycles. The second-order valence-electron chi connectivity index (χ2n) is 7.66. The van der Waals surface area contributed by atoms with Gasteiger partial charge in [0, 0.05) is 11.1 Å². The lowest BCUT2D eigenvalue weighted by molar-refractivity contribution is -0.130. The third-order valence-corrected chi connectivity index (χ3v) is 6.17. The maximum atomic E-state index is 13.6. The van der Waals surface area contributed by atoms with Crippen molar-refractivity contribution in [3.05, 3.63) is 119 Å². The normalized spacial score (nSPS) is 21.8. The van der Waals surface area contributed by atoms with Gasteiger partial charge in [0.25, 0.3) is 0 Å². The predicted octanol–water partition coefficient (Wildman–Crippen LogP) is 5.86. The lowest BCUT2D eigenvalue weighted by Crippen LogP contribution is -2.45. The highest BCUT2D eigenvalue weighted by atomic mass is 16.5. The van der Waals surface area contributed by atoms with Crippen LogP contribution in [-0.4, -0.2) is 5.78 Å². The standard InChI is InChI=1S/C27H18O2/c28-24-17-15-19-9-5-7-13-22(19)27(24)26(20-10-2-1-3-11-20)25-21-12-6-4-8-18(21)14-16-23(25)29-27/h1-17,26H/t26-,27+/m0/s1. The molecular weight excluding hydrogens is 356 g/mol. The Kier molecular flexibility index (Phi) is 3.33. The van der Waals surface area contributed by atoms with Crippen LogP contribution in [0.1, 0.15) is 28.2 Å². The molecule has 2 atom stereocenters. The summed E-state index contributed by atoms with van der Waals surface area (Å²) in [5.41, 5.74) is 3.06. The van der Waals surface area contributed by atoms with Gasteiger partial charge in [0.2, 0.25) is 11.4 Å². The van der Waals surface area contributed by atoms with Crippen molar-refractivity contribution >= 4 is 22.6 Å². The third kappa shape index (κ3) is 2.14. The number of carbonyl (C=O) groups is 1. The summed E-state index contributed by atoms with van der Waals surface area (Å²) in [6.07, 6.45) is 3.57. The molecule has 4 aromatic rings. The molecule has 2 nitrogen and oxygen atoms in total. The van der Waals surface area contributed by atoms with E-state index in [1.165, 1.54) is 0 Å². The molecule has 1 aliphatic heterocycles.